The summed E-state index contributed by atoms with van der Waals surface area (Å²) in [7, 11) is 0. The van der Waals surface area contributed by atoms with Gasteiger partial charge < -0.3 is 10.6 Å². The molecule has 0 fully saturated rings. The van der Waals surface area contributed by atoms with E-state index in [9.17, 15) is 4.79 Å². The Balaban J connectivity index is 2.39. The van der Waals surface area contributed by atoms with Crippen LogP contribution >= 0.6 is 0 Å². The number of hydrogen-bond donors (Lipinski definition) is 2. The standard InChI is InChI=1S/C13H19N3O/c1-3-7-14-10-13(17)16-9-12-11(4-2)6-5-8-15-12/h3,5-6,8,14H,1,4,7,9-10H2,2H3,(H,16,17). The van der Waals surface area contributed by atoms with Crippen LogP contribution in [0.4, 0.5) is 0 Å². The lowest BCUT2D eigenvalue weighted by atomic mass is 10.1. The monoisotopic (exact) mass is 233 g/mol. The first-order valence-corrected chi connectivity index (χ1v) is 5.79. The van der Waals surface area contributed by atoms with Crippen LogP contribution in [0.1, 0.15) is 18.2 Å². The van der Waals surface area contributed by atoms with Crippen LogP contribution in [0.25, 0.3) is 0 Å². The minimum absolute atomic E-state index is 0.0282. The molecule has 0 unspecified atom stereocenters. The van der Waals surface area contributed by atoms with E-state index in [1.54, 1.807) is 12.3 Å². The third-order valence-electron chi connectivity index (χ3n) is 2.39. The maximum atomic E-state index is 11.5. The number of carbonyl (C=O) groups is 1. The van der Waals surface area contributed by atoms with Gasteiger partial charge in [-0.2, -0.15) is 0 Å². The normalized spacial score (nSPS) is 9.94. The Hall–Kier alpha value is -1.68. The summed E-state index contributed by atoms with van der Waals surface area (Å²) in [6.45, 7) is 7.07. The predicted molar refractivity (Wildman–Crippen MR) is 68.5 cm³/mol. The van der Waals surface area contributed by atoms with Crippen LogP contribution < -0.4 is 10.6 Å². The SMILES string of the molecule is C=CCNCC(=O)NCc1ncccc1CC. The fraction of sp³-hybridized carbons (Fsp3) is 0.385. The largest absolute Gasteiger partial charge is 0.349 e. The van der Waals surface area contributed by atoms with Crippen molar-refractivity contribution in [1.29, 1.82) is 0 Å². The molecule has 1 aromatic heterocycles. The zero-order chi connectivity index (χ0) is 12.5. The van der Waals surface area contributed by atoms with Crippen molar-refractivity contribution in [2.75, 3.05) is 13.1 Å². The van der Waals surface area contributed by atoms with E-state index in [2.05, 4.69) is 29.1 Å². The second-order valence-electron chi connectivity index (χ2n) is 3.66. The Bertz CT molecular complexity index is 377. The number of hydrogen-bond acceptors (Lipinski definition) is 3. The van der Waals surface area contributed by atoms with E-state index < -0.39 is 0 Å². The van der Waals surface area contributed by atoms with Crippen molar-refractivity contribution in [3.63, 3.8) is 0 Å². The zero-order valence-electron chi connectivity index (χ0n) is 10.2. The molecule has 0 saturated heterocycles. The fourth-order valence-electron chi connectivity index (χ4n) is 1.48. The van der Waals surface area contributed by atoms with Gasteiger partial charge >= 0.3 is 0 Å². The number of carbonyl (C=O) groups excluding carboxylic acids is 1. The predicted octanol–water partition coefficient (Wildman–Crippen LogP) is 1.04. The van der Waals surface area contributed by atoms with Gasteiger partial charge in [0.2, 0.25) is 5.91 Å². The molecule has 0 radical (unpaired) electrons. The highest BCUT2D eigenvalue weighted by Gasteiger charge is 2.04. The highest BCUT2D eigenvalue weighted by Crippen LogP contribution is 2.05. The van der Waals surface area contributed by atoms with Crippen LogP contribution in [-0.2, 0) is 17.8 Å². The Morgan fingerprint density at radius 1 is 1.59 bits per heavy atom. The van der Waals surface area contributed by atoms with Gasteiger partial charge in [-0.15, -0.1) is 6.58 Å². The molecule has 0 aromatic carbocycles. The van der Waals surface area contributed by atoms with Gasteiger partial charge in [0.15, 0.2) is 0 Å². The average molecular weight is 233 g/mol. The molecule has 4 nitrogen and oxygen atoms in total. The molecule has 0 bridgehead atoms. The van der Waals surface area contributed by atoms with Gasteiger partial charge in [-0.25, -0.2) is 0 Å². The van der Waals surface area contributed by atoms with Crippen LogP contribution in [0.15, 0.2) is 31.0 Å². The van der Waals surface area contributed by atoms with Gasteiger partial charge in [-0.1, -0.05) is 19.1 Å². The van der Waals surface area contributed by atoms with Gasteiger partial charge in [-0.05, 0) is 18.1 Å². The summed E-state index contributed by atoms with van der Waals surface area (Å²) < 4.78 is 0. The molecule has 0 atom stereocenters. The summed E-state index contributed by atoms with van der Waals surface area (Å²) in [4.78, 5) is 15.7. The van der Waals surface area contributed by atoms with Crippen molar-refractivity contribution in [1.82, 2.24) is 15.6 Å². The molecule has 4 heteroatoms. The smallest absolute Gasteiger partial charge is 0.234 e. The summed E-state index contributed by atoms with van der Waals surface area (Å²) in [5.41, 5.74) is 2.11. The number of aryl methyl sites for hydroxylation is 1. The lowest BCUT2D eigenvalue weighted by Gasteiger charge is -2.08. The number of nitrogens with one attached hydrogen (secondary N) is 2. The molecular formula is C13H19N3O. The average Bonchev–Trinajstić information content (AvgIpc) is 2.37. The second kappa shape index (κ2) is 7.57. The summed E-state index contributed by atoms with van der Waals surface area (Å²) >= 11 is 0. The van der Waals surface area contributed by atoms with E-state index >= 15 is 0 Å². The lowest BCUT2D eigenvalue weighted by Crippen LogP contribution is -2.33. The first-order valence-electron chi connectivity index (χ1n) is 5.79. The zero-order valence-corrected chi connectivity index (χ0v) is 10.2. The molecule has 0 aliphatic carbocycles. The van der Waals surface area contributed by atoms with Crippen molar-refractivity contribution in [3.05, 3.63) is 42.2 Å². The van der Waals surface area contributed by atoms with E-state index in [0.717, 1.165) is 12.1 Å². The Morgan fingerprint density at radius 3 is 3.12 bits per heavy atom. The molecule has 1 rings (SSSR count). The molecule has 92 valence electrons. The van der Waals surface area contributed by atoms with E-state index in [-0.39, 0.29) is 5.91 Å². The van der Waals surface area contributed by atoms with Gasteiger partial charge in [0.1, 0.15) is 0 Å². The highest BCUT2D eigenvalue weighted by molar-refractivity contribution is 5.77. The van der Waals surface area contributed by atoms with E-state index in [0.29, 0.717) is 19.6 Å². The highest BCUT2D eigenvalue weighted by atomic mass is 16.1. The second-order valence-corrected chi connectivity index (χ2v) is 3.66. The van der Waals surface area contributed by atoms with E-state index in [1.807, 2.05) is 12.1 Å². The molecule has 0 aliphatic heterocycles. The summed E-state index contributed by atoms with van der Waals surface area (Å²) in [6.07, 6.45) is 4.39. The number of nitrogens with zero attached hydrogens (tertiary/aromatic N) is 1. The molecule has 0 aliphatic rings. The van der Waals surface area contributed by atoms with Crippen molar-refractivity contribution in [3.8, 4) is 0 Å². The van der Waals surface area contributed by atoms with Crippen LogP contribution in [0.3, 0.4) is 0 Å². The van der Waals surface area contributed by atoms with Crippen LogP contribution in [0.5, 0.6) is 0 Å². The van der Waals surface area contributed by atoms with Gasteiger partial charge in [-0.3, -0.25) is 9.78 Å². The first kappa shape index (κ1) is 13.4. The maximum Gasteiger partial charge on any atom is 0.234 e. The Morgan fingerprint density at radius 2 is 2.41 bits per heavy atom. The number of pyridine rings is 1. The van der Waals surface area contributed by atoms with Gasteiger partial charge in [0.05, 0.1) is 18.8 Å². The molecular weight excluding hydrogens is 214 g/mol. The summed E-state index contributed by atoms with van der Waals surface area (Å²) in [6, 6.07) is 3.94. The minimum Gasteiger partial charge on any atom is -0.349 e. The summed E-state index contributed by atoms with van der Waals surface area (Å²) in [5, 5.41) is 5.78. The Labute approximate surface area is 102 Å². The van der Waals surface area contributed by atoms with Gasteiger partial charge in [0, 0.05) is 12.7 Å². The first-order chi connectivity index (χ1) is 8.27. The lowest BCUT2D eigenvalue weighted by molar-refractivity contribution is -0.120. The third-order valence-corrected chi connectivity index (χ3v) is 2.39. The Kier molecular flexibility index (Phi) is 5.96. The number of rotatable bonds is 7. The molecule has 1 amide bonds. The molecule has 17 heavy (non-hydrogen) atoms. The molecule has 0 saturated carbocycles. The van der Waals surface area contributed by atoms with Crippen molar-refractivity contribution in [2.24, 2.45) is 0 Å². The summed E-state index contributed by atoms with van der Waals surface area (Å²) in [5.74, 6) is -0.0282. The molecule has 0 spiro atoms. The molecule has 1 heterocycles. The van der Waals surface area contributed by atoms with Gasteiger partial charge in [0.25, 0.3) is 0 Å². The van der Waals surface area contributed by atoms with Crippen LogP contribution in [-0.4, -0.2) is 24.0 Å². The van der Waals surface area contributed by atoms with Crippen LogP contribution in [0.2, 0.25) is 0 Å². The van der Waals surface area contributed by atoms with Crippen molar-refractivity contribution < 1.29 is 4.79 Å². The molecule has 1 aromatic rings. The fourth-order valence-corrected chi connectivity index (χ4v) is 1.48. The molecule has 2 N–H and O–H groups in total. The van der Waals surface area contributed by atoms with Crippen LogP contribution in [0, 0.1) is 0 Å². The third kappa shape index (κ3) is 4.78. The quantitative estimate of drug-likeness (QED) is 0.546. The minimum atomic E-state index is -0.0282. The van der Waals surface area contributed by atoms with E-state index in [1.165, 1.54) is 5.56 Å². The number of aromatic nitrogens is 1. The maximum absolute atomic E-state index is 11.5. The number of amides is 1. The topological polar surface area (TPSA) is 54.0 Å². The van der Waals surface area contributed by atoms with Crippen molar-refractivity contribution >= 4 is 5.91 Å². The van der Waals surface area contributed by atoms with Crippen molar-refractivity contribution in [2.45, 2.75) is 19.9 Å². The van der Waals surface area contributed by atoms with E-state index in [4.69, 9.17) is 0 Å².